The Bertz CT molecular complexity index is 477. The number of carboxylic acids is 1. The van der Waals surface area contributed by atoms with Crippen LogP contribution in [0.4, 0.5) is 0 Å². The molecule has 2 heterocycles. The summed E-state index contributed by atoms with van der Waals surface area (Å²) in [5.74, 6) is -1.09. The molecule has 0 saturated carbocycles. The summed E-state index contributed by atoms with van der Waals surface area (Å²) >= 11 is 3.24. The van der Waals surface area contributed by atoms with E-state index in [1.54, 1.807) is 6.07 Å². The Morgan fingerprint density at radius 3 is 3.08 bits per heavy atom. The van der Waals surface area contributed by atoms with E-state index in [0.29, 0.717) is 11.0 Å². The van der Waals surface area contributed by atoms with Crippen LogP contribution in [0.5, 0.6) is 0 Å². The molecule has 0 amide bonds. The Morgan fingerprint density at radius 1 is 1.62 bits per heavy atom. The summed E-state index contributed by atoms with van der Waals surface area (Å²) < 4.78 is 5.78. The normalized spacial score (nSPS) is 10.5. The lowest BCUT2D eigenvalue weighted by Crippen LogP contribution is -1.99. The maximum absolute atomic E-state index is 10.7. The average Bonchev–Trinajstić information content (AvgIpc) is 2.48. The van der Waals surface area contributed by atoms with Gasteiger partial charge in [-0.25, -0.2) is 9.78 Å². The summed E-state index contributed by atoms with van der Waals surface area (Å²) in [5.41, 5.74) is 0.227. The Kier molecular flexibility index (Phi) is 1.81. The predicted octanol–water partition coefficient (Wildman–Crippen LogP) is 2.29. The summed E-state index contributed by atoms with van der Waals surface area (Å²) in [6.07, 6.45) is 2.88. The number of hydrogen-bond donors (Lipinski definition) is 1. The van der Waals surface area contributed by atoms with Crippen LogP contribution < -0.4 is 0 Å². The van der Waals surface area contributed by atoms with E-state index in [0.717, 1.165) is 4.47 Å². The smallest absolute Gasteiger partial charge is 0.358 e. The maximum Gasteiger partial charge on any atom is 0.358 e. The summed E-state index contributed by atoms with van der Waals surface area (Å²) in [5, 5.41) is 9.47. The molecule has 0 aromatic carbocycles. The summed E-state index contributed by atoms with van der Waals surface area (Å²) in [6.45, 7) is 0. The van der Waals surface area contributed by atoms with Gasteiger partial charge in [0.1, 0.15) is 6.26 Å². The Labute approximate surface area is 81.3 Å². The summed E-state index contributed by atoms with van der Waals surface area (Å²) in [6, 6.07) is 1.69. The molecule has 66 valence electrons. The van der Waals surface area contributed by atoms with Crippen LogP contribution in [0.1, 0.15) is 10.5 Å². The molecule has 0 saturated heterocycles. The highest BCUT2D eigenvalue weighted by Gasteiger charge is 2.14. The molecular formula is C8H4BrNO3. The average molecular weight is 242 g/mol. The number of halogens is 1. The zero-order chi connectivity index (χ0) is 9.42. The van der Waals surface area contributed by atoms with E-state index in [2.05, 4.69) is 20.9 Å². The zero-order valence-corrected chi connectivity index (χ0v) is 7.91. The second-order valence-electron chi connectivity index (χ2n) is 2.43. The van der Waals surface area contributed by atoms with Crippen molar-refractivity contribution in [1.82, 2.24) is 4.98 Å². The number of carboxylic acid groups (broad SMARTS) is 1. The van der Waals surface area contributed by atoms with Crippen LogP contribution in [0, 0.1) is 0 Å². The number of nitrogens with zero attached hydrogens (tertiary/aromatic N) is 1. The third-order valence-corrected chi connectivity index (χ3v) is 2.26. The highest BCUT2D eigenvalue weighted by molar-refractivity contribution is 9.10. The first-order chi connectivity index (χ1) is 6.20. The van der Waals surface area contributed by atoms with Crippen molar-refractivity contribution in [1.29, 1.82) is 0 Å². The monoisotopic (exact) mass is 241 g/mol. The van der Waals surface area contributed by atoms with Crippen molar-refractivity contribution in [3.63, 3.8) is 0 Å². The lowest BCUT2D eigenvalue weighted by Gasteiger charge is -1.93. The first-order valence-electron chi connectivity index (χ1n) is 3.45. The molecule has 4 nitrogen and oxygen atoms in total. The van der Waals surface area contributed by atoms with Crippen LogP contribution >= 0.6 is 15.9 Å². The number of aromatic nitrogens is 1. The number of fused-ring (bicyclic) bond motifs is 1. The van der Waals surface area contributed by atoms with Gasteiger partial charge < -0.3 is 9.52 Å². The molecule has 0 aliphatic carbocycles. The molecule has 0 spiro atoms. The van der Waals surface area contributed by atoms with E-state index in [1.807, 2.05) is 0 Å². The number of aromatic carboxylic acids is 1. The molecule has 0 aliphatic heterocycles. The highest BCUT2D eigenvalue weighted by atomic mass is 79.9. The van der Waals surface area contributed by atoms with Crippen molar-refractivity contribution in [2.24, 2.45) is 0 Å². The third kappa shape index (κ3) is 1.21. The first-order valence-corrected chi connectivity index (χ1v) is 4.24. The predicted molar refractivity (Wildman–Crippen MR) is 48.7 cm³/mol. The molecule has 1 N–H and O–H groups in total. The van der Waals surface area contributed by atoms with Gasteiger partial charge >= 0.3 is 5.97 Å². The van der Waals surface area contributed by atoms with E-state index in [4.69, 9.17) is 9.52 Å². The van der Waals surface area contributed by atoms with E-state index in [-0.39, 0.29) is 5.69 Å². The fraction of sp³-hybridized carbons (Fsp3) is 0. The lowest BCUT2D eigenvalue weighted by molar-refractivity contribution is 0.0691. The molecule has 0 bridgehead atoms. The molecule has 5 heteroatoms. The SMILES string of the molecule is O=C(O)c1nccc2c(Br)coc12. The molecule has 2 aromatic rings. The lowest BCUT2D eigenvalue weighted by atomic mass is 10.2. The number of pyridine rings is 1. The molecule has 13 heavy (non-hydrogen) atoms. The van der Waals surface area contributed by atoms with Gasteiger partial charge in [0.05, 0.1) is 4.47 Å². The molecule has 0 radical (unpaired) electrons. The van der Waals surface area contributed by atoms with Crippen molar-refractivity contribution in [2.75, 3.05) is 0 Å². The van der Waals surface area contributed by atoms with Crippen LogP contribution in [0.2, 0.25) is 0 Å². The number of hydrogen-bond acceptors (Lipinski definition) is 3. The minimum Gasteiger partial charge on any atom is -0.476 e. The van der Waals surface area contributed by atoms with Gasteiger partial charge in [-0.2, -0.15) is 0 Å². The van der Waals surface area contributed by atoms with Gasteiger partial charge in [0.2, 0.25) is 0 Å². The van der Waals surface area contributed by atoms with E-state index >= 15 is 0 Å². The second-order valence-corrected chi connectivity index (χ2v) is 3.28. The van der Waals surface area contributed by atoms with Crippen molar-refractivity contribution in [3.8, 4) is 0 Å². The molecule has 0 aliphatic rings. The fourth-order valence-electron chi connectivity index (χ4n) is 1.08. The molecular weight excluding hydrogens is 238 g/mol. The molecule has 2 rings (SSSR count). The Hall–Kier alpha value is -1.36. The Morgan fingerprint density at radius 2 is 2.38 bits per heavy atom. The van der Waals surface area contributed by atoms with Crippen LogP contribution in [-0.4, -0.2) is 16.1 Å². The quantitative estimate of drug-likeness (QED) is 0.833. The largest absolute Gasteiger partial charge is 0.476 e. The van der Waals surface area contributed by atoms with Crippen molar-refractivity contribution < 1.29 is 14.3 Å². The number of furan rings is 1. The minimum absolute atomic E-state index is 0.0665. The van der Waals surface area contributed by atoms with Crippen molar-refractivity contribution in [3.05, 3.63) is 28.7 Å². The maximum atomic E-state index is 10.7. The number of rotatable bonds is 1. The second kappa shape index (κ2) is 2.85. The van der Waals surface area contributed by atoms with E-state index in [1.165, 1.54) is 12.5 Å². The van der Waals surface area contributed by atoms with Gasteiger partial charge in [-0.05, 0) is 22.0 Å². The van der Waals surface area contributed by atoms with E-state index < -0.39 is 5.97 Å². The highest BCUT2D eigenvalue weighted by Crippen LogP contribution is 2.27. The molecule has 0 atom stereocenters. The zero-order valence-electron chi connectivity index (χ0n) is 6.32. The van der Waals surface area contributed by atoms with Gasteiger partial charge in [0.25, 0.3) is 0 Å². The number of carbonyl (C=O) groups is 1. The van der Waals surface area contributed by atoms with Crippen LogP contribution in [0.25, 0.3) is 11.0 Å². The van der Waals surface area contributed by atoms with Crippen LogP contribution in [-0.2, 0) is 0 Å². The third-order valence-electron chi connectivity index (χ3n) is 1.64. The van der Waals surface area contributed by atoms with Gasteiger partial charge in [-0.15, -0.1) is 0 Å². The van der Waals surface area contributed by atoms with Gasteiger partial charge in [0, 0.05) is 11.6 Å². The van der Waals surface area contributed by atoms with E-state index in [9.17, 15) is 4.79 Å². The van der Waals surface area contributed by atoms with Gasteiger partial charge in [-0.1, -0.05) is 0 Å². The first kappa shape index (κ1) is 8.25. The standard InChI is InChI=1S/C8H4BrNO3/c9-5-3-13-7-4(5)1-2-10-6(7)8(11)12/h1-3H,(H,11,12). The van der Waals surface area contributed by atoms with Crippen molar-refractivity contribution in [2.45, 2.75) is 0 Å². The molecule has 2 aromatic heterocycles. The Balaban J connectivity index is 2.84. The van der Waals surface area contributed by atoms with Gasteiger partial charge in [0.15, 0.2) is 11.3 Å². The molecule has 0 unspecified atom stereocenters. The van der Waals surface area contributed by atoms with Crippen molar-refractivity contribution >= 4 is 32.9 Å². The topological polar surface area (TPSA) is 63.3 Å². The summed E-state index contributed by atoms with van der Waals surface area (Å²) in [7, 11) is 0. The van der Waals surface area contributed by atoms with Gasteiger partial charge in [-0.3, -0.25) is 0 Å². The minimum atomic E-state index is -1.09. The summed E-state index contributed by atoms with van der Waals surface area (Å²) in [4.78, 5) is 14.4. The van der Waals surface area contributed by atoms with Crippen LogP contribution in [0.3, 0.4) is 0 Å². The van der Waals surface area contributed by atoms with Crippen LogP contribution in [0.15, 0.2) is 27.4 Å². The fourth-order valence-corrected chi connectivity index (χ4v) is 1.49. The molecule has 0 fully saturated rings.